The third-order valence-corrected chi connectivity index (χ3v) is 1.68. The van der Waals surface area contributed by atoms with E-state index in [0.29, 0.717) is 0 Å². The van der Waals surface area contributed by atoms with E-state index in [9.17, 15) is 4.39 Å². The molecule has 0 saturated carbocycles. The zero-order chi connectivity index (χ0) is 9.14. The van der Waals surface area contributed by atoms with E-state index in [1.54, 1.807) is 6.07 Å². The fourth-order valence-electron chi connectivity index (χ4n) is 1.01. The Labute approximate surface area is 77.4 Å². The Morgan fingerprint density at radius 2 is 2.17 bits per heavy atom. The molecule has 0 radical (unpaired) electrons. The van der Waals surface area contributed by atoms with Crippen molar-refractivity contribution in [3.8, 4) is 0 Å². The lowest BCUT2D eigenvalue weighted by Crippen LogP contribution is -2.07. The molecule has 0 spiro atoms. The highest BCUT2D eigenvalue weighted by atomic mass is 32.1. The van der Waals surface area contributed by atoms with Gasteiger partial charge in [-0.2, -0.15) is 12.6 Å². The first-order chi connectivity index (χ1) is 5.59. The molecular weight excluding hydrogens is 173 g/mol. The zero-order valence-electron chi connectivity index (χ0n) is 7.13. The van der Waals surface area contributed by atoms with Crippen molar-refractivity contribution in [3.63, 3.8) is 0 Å². The Bertz CT molecular complexity index is 273. The van der Waals surface area contributed by atoms with Gasteiger partial charge in [-0.05, 0) is 37.6 Å². The summed E-state index contributed by atoms with van der Waals surface area (Å²) in [7, 11) is 0. The fraction of sp³-hybridized carbons (Fsp3) is 0.333. The molecule has 0 aliphatic heterocycles. The highest BCUT2D eigenvalue weighted by Gasteiger charge is 2.00. The van der Waals surface area contributed by atoms with Crippen LogP contribution in [0.4, 0.5) is 10.1 Å². The molecule has 1 nitrogen and oxygen atoms in total. The quantitative estimate of drug-likeness (QED) is 0.533. The third kappa shape index (κ3) is 2.41. The molecular formula is C9H12FNS. The van der Waals surface area contributed by atoms with Gasteiger partial charge in [0, 0.05) is 5.69 Å². The van der Waals surface area contributed by atoms with Crippen LogP contribution in [0.15, 0.2) is 18.2 Å². The van der Waals surface area contributed by atoms with Crippen LogP contribution in [0.5, 0.6) is 0 Å². The molecule has 0 aromatic heterocycles. The molecule has 0 fully saturated rings. The highest BCUT2D eigenvalue weighted by Crippen LogP contribution is 2.16. The number of thiol groups is 1. The molecule has 0 heterocycles. The predicted molar refractivity (Wildman–Crippen MR) is 53.2 cm³/mol. The van der Waals surface area contributed by atoms with Gasteiger partial charge in [0.1, 0.15) is 5.82 Å². The summed E-state index contributed by atoms with van der Waals surface area (Å²) in [5, 5.41) is 3.18. The molecule has 1 atom stereocenters. The Kier molecular flexibility index (Phi) is 2.98. The summed E-state index contributed by atoms with van der Waals surface area (Å²) in [6, 6.07) is 4.65. The molecule has 0 amide bonds. The number of rotatable bonds is 2. The molecule has 3 heteroatoms. The molecule has 0 aliphatic carbocycles. The summed E-state index contributed by atoms with van der Waals surface area (Å²) in [4.78, 5) is 0. The second-order valence-corrected chi connectivity index (χ2v) is 3.55. The molecule has 0 aliphatic rings. The lowest BCUT2D eigenvalue weighted by Gasteiger charge is -2.11. The van der Waals surface area contributed by atoms with Gasteiger partial charge in [-0.3, -0.25) is 0 Å². The van der Waals surface area contributed by atoms with Crippen molar-refractivity contribution in [2.75, 3.05) is 5.32 Å². The first-order valence-electron chi connectivity index (χ1n) is 3.80. The smallest absolute Gasteiger partial charge is 0.123 e. The van der Waals surface area contributed by atoms with Crippen LogP contribution in [0.2, 0.25) is 0 Å². The van der Waals surface area contributed by atoms with E-state index in [-0.39, 0.29) is 11.2 Å². The molecule has 66 valence electrons. The van der Waals surface area contributed by atoms with E-state index in [4.69, 9.17) is 0 Å². The Morgan fingerprint density at radius 3 is 2.67 bits per heavy atom. The number of hydrogen-bond donors (Lipinski definition) is 2. The van der Waals surface area contributed by atoms with Crippen LogP contribution < -0.4 is 5.32 Å². The van der Waals surface area contributed by atoms with Crippen molar-refractivity contribution in [2.45, 2.75) is 19.2 Å². The first kappa shape index (κ1) is 9.39. The maximum atomic E-state index is 12.6. The lowest BCUT2D eigenvalue weighted by molar-refractivity contribution is 0.627. The maximum absolute atomic E-state index is 12.6. The molecule has 1 aromatic carbocycles. The Balaban J connectivity index is 2.86. The van der Waals surface area contributed by atoms with E-state index in [1.807, 2.05) is 13.8 Å². The van der Waals surface area contributed by atoms with Gasteiger partial charge in [0.05, 0.1) is 5.37 Å². The van der Waals surface area contributed by atoms with Gasteiger partial charge in [-0.15, -0.1) is 0 Å². The SMILES string of the molecule is Cc1cc(F)ccc1NC(C)S. The van der Waals surface area contributed by atoms with Gasteiger partial charge in [-0.25, -0.2) is 4.39 Å². The molecule has 1 rings (SSSR count). The van der Waals surface area contributed by atoms with Gasteiger partial charge >= 0.3 is 0 Å². The van der Waals surface area contributed by atoms with Crippen LogP contribution in [0.3, 0.4) is 0 Å². The number of hydrogen-bond acceptors (Lipinski definition) is 2. The van der Waals surface area contributed by atoms with E-state index in [2.05, 4.69) is 17.9 Å². The fourth-order valence-corrected chi connectivity index (χ4v) is 1.15. The monoisotopic (exact) mass is 185 g/mol. The van der Waals surface area contributed by atoms with E-state index in [1.165, 1.54) is 12.1 Å². The van der Waals surface area contributed by atoms with E-state index in [0.717, 1.165) is 11.3 Å². The number of halogens is 1. The molecule has 1 N–H and O–H groups in total. The van der Waals surface area contributed by atoms with Gasteiger partial charge in [0.15, 0.2) is 0 Å². The van der Waals surface area contributed by atoms with Crippen LogP contribution in [0.25, 0.3) is 0 Å². The summed E-state index contributed by atoms with van der Waals surface area (Å²) in [5.41, 5.74) is 1.83. The molecule has 1 unspecified atom stereocenters. The largest absolute Gasteiger partial charge is 0.374 e. The van der Waals surface area contributed by atoms with Gasteiger partial charge in [0.2, 0.25) is 0 Å². The molecule has 0 bridgehead atoms. The first-order valence-corrected chi connectivity index (χ1v) is 4.32. The Hall–Kier alpha value is -0.700. The van der Waals surface area contributed by atoms with E-state index >= 15 is 0 Å². The van der Waals surface area contributed by atoms with Gasteiger partial charge in [0.25, 0.3) is 0 Å². The van der Waals surface area contributed by atoms with Gasteiger partial charge < -0.3 is 5.32 Å². The lowest BCUT2D eigenvalue weighted by atomic mass is 10.2. The topological polar surface area (TPSA) is 12.0 Å². The summed E-state index contributed by atoms with van der Waals surface area (Å²) in [5.74, 6) is -0.204. The standard InChI is InChI=1S/C9H12FNS/c1-6-5-8(10)3-4-9(6)11-7(2)12/h3-5,7,11-12H,1-2H3. The minimum atomic E-state index is -0.204. The van der Waals surface area contributed by atoms with Crippen LogP contribution in [-0.2, 0) is 0 Å². The molecule has 0 saturated heterocycles. The maximum Gasteiger partial charge on any atom is 0.123 e. The average Bonchev–Trinajstić information content (AvgIpc) is 1.94. The van der Waals surface area contributed by atoms with E-state index < -0.39 is 0 Å². The van der Waals surface area contributed by atoms with Crippen molar-refractivity contribution in [2.24, 2.45) is 0 Å². The van der Waals surface area contributed by atoms with Gasteiger partial charge in [-0.1, -0.05) is 0 Å². The third-order valence-electron chi connectivity index (χ3n) is 1.55. The summed E-state index contributed by atoms with van der Waals surface area (Å²) in [6.07, 6.45) is 0. The van der Waals surface area contributed by atoms with Crippen molar-refractivity contribution < 1.29 is 4.39 Å². The van der Waals surface area contributed by atoms with Crippen LogP contribution in [0.1, 0.15) is 12.5 Å². The summed E-state index contributed by atoms with van der Waals surface area (Å²) >= 11 is 4.18. The minimum absolute atomic E-state index is 0.0779. The molecule has 1 aromatic rings. The summed E-state index contributed by atoms with van der Waals surface area (Å²) in [6.45, 7) is 3.79. The summed E-state index contributed by atoms with van der Waals surface area (Å²) < 4.78 is 12.6. The highest BCUT2D eigenvalue weighted by molar-refractivity contribution is 7.81. The van der Waals surface area contributed by atoms with Crippen LogP contribution in [0, 0.1) is 12.7 Å². The number of nitrogens with one attached hydrogen (secondary N) is 1. The number of benzene rings is 1. The zero-order valence-corrected chi connectivity index (χ0v) is 8.03. The second kappa shape index (κ2) is 3.81. The van der Waals surface area contributed by atoms with Crippen LogP contribution in [-0.4, -0.2) is 5.37 Å². The minimum Gasteiger partial charge on any atom is -0.374 e. The van der Waals surface area contributed by atoms with Crippen LogP contribution >= 0.6 is 12.6 Å². The van der Waals surface area contributed by atoms with Crippen molar-refractivity contribution in [1.82, 2.24) is 0 Å². The second-order valence-electron chi connectivity index (χ2n) is 2.78. The Morgan fingerprint density at radius 1 is 1.50 bits per heavy atom. The van der Waals surface area contributed by atoms with Crippen molar-refractivity contribution in [3.05, 3.63) is 29.6 Å². The molecule has 12 heavy (non-hydrogen) atoms. The number of anilines is 1. The van der Waals surface area contributed by atoms with Crippen molar-refractivity contribution in [1.29, 1.82) is 0 Å². The number of aryl methyl sites for hydroxylation is 1. The van der Waals surface area contributed by atoms with Crippen molar-refractivity contribution >= 4 is 18.3 Å². The average molecular weight is 185 g/mol. The normalized spacial score (nSPS) is 12.7. The predicted octanol–water partition coefficient (Wildman–Crippen LogP) is 2.82.